The molecular weight excluding hydrogens is 386 g/mol. The van der Waals surface area contributed by atoms with E-state index in [4.69, 9.17) is 16.3 Å². The van der Waals surface area contributed by atoms with Gasteiger partial charge in [-0.2, -0.15) is 0 Å². The van der Waals surface area contributed by atoms with Gasteiger partial charge in [0.15, 0.2) is 5.78 Å². The molecule has 4 rings (SSSR count). The molecule has 0 N–H and O–H groups in total. The molecule has 0 radical (unpaired) electrons. The number of carbonyl (C=O) groups is 1. The van der Waals surface area contributed by atoms with E-state index in [9.17, 15) is 4.79 Å². The van der Waals surface area contributed by atoms with Crippen LogP contribution in [0.25, 0.3) is 0 Å². The van der Waals surface area contributed by atoms with Crippen molar-refractivity contribution in [3.8, 4) is 11.8 Å². The van der Waals surface area contributed by atoms with Crippen LogP contribution in [0.2, 0.25) is 5.02 Å². The Balaban J connectivity index is 1.35. The molecule has 29 heavy (non-hydrogen) atoms. The number of rotatable bonds is 6. The van der Waals surface area contributed by atoms with Crippen LogP contribution in [0.4, 0.5) is 0 Å². The van der Waals surface area contributed by atoms with Crippen LogP contribution in [0.3, 0.4) is 0 Å². The first kappa shape index (κ1) is 19.6. The van der Waals surface area contributed by atoms with E-state index in [1.54, 1.807) is 30.6 Å². The zero-order valence-corrected chi connectivity index (χ0v) is 16.8. The molecule has 1 aliphatic rings. The van der Waals surface area contributed by atoms with Gasteiger partial charge < -0.3 is 4.74 Å². The van der Waals surface area contributed by atoms with Crippen molar-refractivity contribution >= 4 is 17.4 Å². The van der Waals surface area contributed by atoms with E-state index in [1.165, 1.54) is 5.56 Å². The minimum Gasteiger partial charge on any atom is -0.424 e. The number of ketones is 1. The first-order valence-electron chi connectivity index (χ1n) is 9.73. The Labute approximate surface area is 175 Å². The van der Waals surface area contributed by atoms with E-state index >= 15 is 0 Å². The van der Waals surface area contributed by atoms with Crippen molar-refractivity contribution < 1.29 is 9.53 Å². The molecule has 0 amide bonds. The van der Waals surface area contributed by atoms with E-state index in [1.807, 2.05) is 36.4 Å². The van der Waals surface area contributed by atoms with Crippen molar-refractivity contribution in [1.82, 2.24) is 14.9 Å². The van der Waals surface area contributed by atoms with Gasteiger partial charge in [0.05, 0.1) is 0 Å². The molecule has 1 saturated heterocycles. The van der Waals surface area contributed by atoms with E-state index < -0.39 is 0 Å². The zero-order chi connectivity index (χ0) is 20.1. The number of nitrogens with zero attached hydrogens (tertiary/aromatic N) is 3. The maximum atomic E-state index is 12.8. The van der Waals surface area contributed by atoms with Crippen molar-refractivity contribution in [2.24, 2.45) is 5.92 Å². The molecule has 148 valence electrons. The molecular formula is C23H22ClN3O2. The summed E-state index contributed by atoms with van der Waals surface area (Å²) in [6.45, 7) is 2.59. The monoisotopic (exact) mass is 407 g/mol. The van der Waals surface area contributed by atoms with Gasteiger partial charge in [-0.1, -0.05) is 23.7 Å². The smallest absolute Gasteiger partial charge is 0.321 e. The second-order valence-corrected chi connectivity index (χ2v) is 7.66. The van der Waals surface area contributed by atoms with Crippen molar-refractivity contribution in [2.45, 2.75) is 19.4 Å². The summed E-state index contributed by atoms with van der Waals surface area (Å²) in [5.41, 5.74) is 1.93. The Kier molecular flexibility index (Phi) is 6.17. The van der Waals surface area contributed by atoms with Gasteiger partial charge in [-0.3, -0.25) is 9.69 Å². The fourth-order valence-corrected chi connectivity index (χ4v) is 3.75. The van der Waals surface area contributed by atoms with E-state index in [0.29, 0.717) is 16.8 Å². The van der Waals surface area contributed by atoms with Gasteiger partial charge >= 0.3 is 6.01 Å². The number of benzene rings is 2. The number of halogens is 1. The SMILES string of the molecule is O=C(c1ccc(Cl)cc1)[C@@H]1CCCN(Cc2ccc(Oc3ncccn3)cc2)C1. The lowest BCUT2D eigenvalue weighted by Crippen LogP contribution is -2.38. The summed E-state index contributed by atoms with van der Waals surface area (Å²) in [5.74, 6) is 0.940. The lowest BCUT2D eigenvalue weighted by Gasteiger charge is -2.32. The molecule has 1 aliphatic heterocycles. The number of aromatic nitrogens is 2. The summed E-state index contributed by atoms with van der Waals surface area (Å²) < 4.78 is 5.64. The van der Waals surface area contributed by atoms with Gasteiger partial charge in [-0.05, 0) is 67.4 Å². The number of piperidine rings is 1. The highest BCUT2D eigenvalue weighted by Crippen LogP contribution is 2.24. The summed E-state index contributed by atoms with van der Waals surface area (Å²) in [6.07, 6.45) is 5.25. The number of carbonyl (C=O) groups excluding carboxylic acids is 1. The molecule has 1 aromatic heterocycles. The van der Waals surface area contributed by atoms with Crippen LogP contribution in [0.15, 0.2) is 67.0 Å². The third kappa shape index (κ3) is 5.19. The zero-order valence-electron chi connectivity index (χ0n) is 16.0. The largest absolute Gasteiger partial charge is 0.424 e. The second kappa shape index (κ2) is 9.16. The maximum absolute atomic E-state index is 12.8. The molecule has 0 unspecified atom stereocenters. The highest BCUT2D eigenvalue weighted by Gasteiger charge is 2.26. The molecule has 2 heterocycles. The van der Waals surface area contributed by atoms with Gasteiger partial charge in [0.1, 0.15) is 5.75 Å². The van der Waals surface area contributed by atoms with Crippen LogP contribution >= 0.6 is 11.6 Å². The number of likely N-dealkylation sites (tertiary alicyclic amines) is 1. The minimum atomic E-state index is 0.0303. The number of Topliss-reactive ketones (excluding diaryl/α,β-unsaturated/α-hetero) is 1. The lowest BCUT2D eigenvalue weighted by atomic mass is 9.90. The van der Waals surface area contributed by atoms with E-state index in [-0.39, 0.29) is 11.7 Å². The predicted octanol–water partition coefficient (Wildman–Crippen LogP) is 5.02. The standard InChI is InChI=1S/C23H22ClN3O2/c24-20-8-6-18(7-9-20)22(28)19-3-1-14-27(16-19)15-17-4-10-21(11-5-17)29-23-25-12-2-13-26-23/h2,4-13,19H,1,3,14-16H2/t19-/m1/s1. The maximum Gasteiger partial charge on any atom is 0.321 e. The van der Waals surface area contributed by atoms with Crippen molar-refractivity contribution in [3.63, 3.8) is 0 Å². The Bertz CT molecular complexity index is 946. The van der Waals surface area contributed by atoms with E-state index in [0.717, 1.165) is 38.0 Å². The van der Waals surface area contributed by atoms with E-state index in [2.05, 4.69) is 14.9 Å². The summed E-state index contributed by atoms with van der Waals surface area (Å²) in [5, 5.41) is 0.651. The third-order valence-corrected chi connectivity index (χ3v) is 5.34. The highest BCUT2D eigenvalue weighted by molar-refractivity contribution is 6.30. The normalized spacial score (nSPS) is 17.1. The summed E-state index contributed by atoms with van der Waals surface area (Å²) in [4.78, 5) is 23.3. The molecule has 2 aromatic carbocycles. The van der Waals surface area contributed by atoms with Crippen molar-refractivity contribution in [2.75, 3.05) is 13.1 Å². The van der Waals surface area contributed by atoms with Crippen LogP contribution in [0.1, 0.15) is 28.8 Å². The Morgan fingerprint density at radius 3 is 2.52 bits per heavy atom. The second-order valence-electron chi connectivity index (χ2n) is 7.22. The van der Waals surface area contributed by atoms with Gasteiger partial charge in [0.2, 0.25) is 0 Å². The average Bonchev–Trinajstić information content (AvgIpc) is 2.76. The fraction of sp³-hybridized carbons (Fsp3) is 0.261. The van der Waals surface area contributed by atoms with Crippen molar-refractivity contribution in [1.29, 1.82) is 0 Å². The number of hydrogen-bond acceptors (Lipinski definition) is 5. The van der Waals surface area contributed by atoms with Gasteiger partial charge in [-0.15, -0.1) is 0 Å². The molecule has 1 fully saturated rings. The van der Waals surface area contributed by atoms with Gasteiger partial charge in [0, 0.05) is 42.0 Å². The number of hydrogen-bond donors (Lipinski definition) is 0. The molecule has 0 aliphatic carbocycles. The molecule has 6 heteroatoms. The van der Waals surface area contributed by atoms with Crippen molar-refractivity contribution in [3.05, 3.63) is 83.1 Å². The third-order valence-electron chi connectivity index (χ3n) is 5.09. The summed E-state index contributed by atoms with van der Waals surface area (Å²) in [6, 6.07) is 17.2. The topological polar surface area (TPSA) is 55.3 Å². The summed E-state index contributed by atoms with van der Waals surface area (Å²) >= 11 is 5.94. The Hall–Kier alpha value is -2.76. The fourth-order valence-electron chi connectivity index (χ4n) is 3.63. The first-order chi connectivity index (χ1) is 14.2. The van der Waals surface area contributed by atoms with Crippen LogP contribution in [0.5, 0.6) is 11.8 Å². The van der Waals surface area contributed by atoms with Crippen LogP contribution in [-0.2, 0) is 6.54 Å². The Morgan fingerprint density at radius 1 is 1.07 bits per heavy atom. The van der Waals surface area contributed by atoms with Crippen LogP contribution in [0, 0.1) is 5.92 Å². The molecule has 3 aromatic rings. The van der Waals surface area contributed by atoms with Gasteiger partial charge in [0.25, 0.3) is 0 Å². The quantitative estimate of drug-likeness (QED) is 0.537. The lowest BCUT2D eigenvalue weighted by molar-refractivity contribution is 0.0811. The number of ether oxygens (including phenoxy) is 1. The molecule has 0 saturated carbocycles. The predicted molar refractivity (Wildman–Crippen MR) is 112 cm³/mol. The molecule has 5 nitrogen and oxygen atoms in total. The molecule has 1 atom stereocenters. The molecule has 0 bridgehead atoms. The Morgan fingerprint density at radius 2 is 1.79 bits per heavy atom. The van der Waals surface area contributed by atoms with Crippen LogP contribution in [-0.4, -0.2) is 33.7 Å². The first-order valence-corrected chi connectivity index (χ1v) is 10.1. The van der Waals surface area contributed by atoms with Crippen LogP contribution < -0.4 is 4.74 Å². The highest BCUT2D eigenvalue weighted by atomic mass is 35.5. The minimum absolute atomic E-state index is 0.0303. The molecule has 0 spiro atoms. The average molecular weight is 408 g/mol. The summed E-state index contributed by atoms with van der Waals surface area (Å²) in [7, 11) is 0. The van der Waals surface area contributed by atoms with Gasteiger partial charge in [-0.25, -0.2) is 9.97 Å².